The lowest BCUT2D eigenvalue weighted by atomic mass is 10.1. The average Bonchev–Trinajstić information content (AvgIpc) is 2.99. The number of rotatable bonds is 4. The Kier molecular flexibility index (Phi) is 3.94. The predicted octanol–water partition coefficient (Wildman–Crippen LogP) is 4.01. The Bertz CT molecular complexity index is 810. The SMILES string of the molecule is COc1ccc(-c2nn(-c3cccc(Cl)c3)cc2C=O)cc1. The molecule has 0 amide bonds. The minimum absolute atomic E-state index is 0.519. The summed E-state index contributed by atoms with van der Waals surface area (Å²) in [5.74, 6) is 0.755. The number of nitrogens with zero attached hydrogens (tertiary/aromatic N) is 2. The van der Waals surface area contributed by atoms with E-state index < -0.39 is 0 Å². The van der Waals surface area contributed by atoms with Crippen molar-refractivity contribution in [3.05, 3.63) is 65.3 Å². The van der Waals surface area contributed by atoms with E-state index in [1.54, 1.807) is 30.1 Å². The van der Waals surface area contributed by atoms with E-state index in [1.165, 1.54) is 0 Å². The van der Waals surface area contributed by atoms with Crippen LogP contribution in [0.5, 0.6) is 5.75 Å². The highest BCUT2D eigenvalue weighted by molar-refractivity contribution is 6.30. The standard InChI is InChI=1S/C17H13ClN2O2/c1-22-16-7-5-12(6-8-16)17-13(11-21)10-20(19-17)15-4-2-3-14(18)9-15/h2-11H,1H3. The van der Waals surface area contributed by atoms with Gasteiger partial charge in [-0.05, 0) is 42.5 Å². The van der Waals surface area contributed by atoms with Crippen molar-refractivity contribution in [1.82, 2.24) is 9.78 Å². The van der Waals surface area contributed by atoms with Crippen LogP contribution in [0.3, 0.4) is 0 Å². The normalized spacial score (nSPS) is 10.5. The van der Waals surface area contributed by atoms with Crippen LogP contribution in [-0.2, 0) is 0 Å². The molecule has 2 aromatic carbocycles. The van der Waals surface area contributed by atoms with Crippen LogP contribution in [0.15, 0.2) is 54.7 Å². The average molecular weight is 313 g/mol. The molecule has 0 atom stereocenters. The van der Waals surface area contributed by atoms with Gasteiger partial charge in [0.15, 0.2) is 6.29 Å². The number of aromatic nitrogens is 2. The highest BCUT2D eigenvalue weighted by Crippen LogP contribution is 2.25. The topological polar surface area (TPSA) is 44.1 Å². The molecule has 0 saturated carbocycles. The first kappa shape index (κ1) is 14.4. The second-order valence-electron chi connectivity index (χ2n) is 4.70. The molecule has 0 bridgehead atoms. The van der Waals surface area contributed by atoms with Crippen molar-refractivity contribution in [3.63, 3.8) is 0 Å². The van der Waals surface area contributed by atoms with Gasteiger partial charge in [-0.15, -0.1) is 0 Å². The van der Waals surface area contributed by atoms with Crippen molar-refractivity contribution in [3.8, 4) is 22.7 Å². The Morgan fingerprint density at radius 3 is 2.59 bits per heavy atom. The number of hydrogen-bond acceptors (Lipinski definition) is 3. The van der Waals surface area contributed by atoms with E-state index in [1.807, 2.05) is 36.4 Å². The maximum atomic E-state index is 11.3. The Morgan fingerprint density at radius 2 is 1.95 bits per heavy atom. The van der Waals surface area contributed by atoms with Crippen molar-refractivity contribution in [1.29, 1.82) is 0 Å². The van der Waals surface area contributed by atoms with Gasteiger partial charge >= 0.3 is 0 Å². The molecule has 3 aromatic rings. The summed E-state index contributed by atoms with van der Waals surface area (Å²) in [4.78, 5) is 11.3. The summed E-state index contributed by atoms with van der Waals surface area (Å²) in [5, 5.41) is 5.12. The Balaban J connectivity index is 2.06. The highest BCUT2D eigenvalue weighted by atomic mass is 35.5. The van der Waals surface area contributed by atoms with Gasteiger partial charge in [0.25, 0.3) is 0 Å². The fourth-order valence-corrected chi connectivity index (χ4v) is 2.38. The third-order valence-corrected chi connectivity index (χ3v) is 3.54. The third-order valence-electron chi connectivity index (χ3n) is 3.31. The predicted molar refractivity (Wildman–Crippen MR) is 85.9 cm³/mol. The lowest BCUT2D eigenvalue weighted by Gasteiger charge is -2.02. The van der Waals surface area contributed by atoms with E-state index in [0.29, 0.717) is 16.3 Å². The Hall–Kier alpha value is -2.59. The zero-order valence-corrected chi connectivity index (χ0v) is 12.6. The molecule has 22 heavy (non-hydrogen) atoms. The maximum absolute atomic E-state index is 11.3. The first-order valence-electron chi connectivity index (χ1n) is 6.66. The number of carbonyl (C=O) groups is 1. The fraction of sp³-hybridized carbons (Fsp3) is 0.0588. The van der Waals surface area contributed by atoms with Crippen LogP contribution in [0, 0.1) is 0 Å². The third kappa shape index (κ3) is 2.73. The molecule has 0 aliphatic rings. The summed E-state index contributed by atoms with van der Waals surface area (Å²) in [7, 11) is 1.61. The van der Waals surface area contributed by atoms with E-state index in [-0.39, 0.29) is 0 Å². The molecule has 3 rings (SSSR count). The lowest BCUT2D eigenvalue weighted by Crippen LogP contribution is -1.94. The molecule has 1 heterocycles. The van der Waals surface area contributed by atoms with Gasteiger partial charge in [-0.1, -0.05) is 17.7 Å². The maximum Gasteiger partial charge on any atom is 0.153 e. The van der Waals surface area contributed by atoms with E-state index in [0.717, 1.165) is 23.3 Å². The molecule has 1 aromatic heterocycles. The summed E-state index contributed by atoms with van der Waals surface area (Å²) < 4.78 is 6.79. The molecule has 0 spiro atoms. The number of ether oxygens (including phenoxy) is 1. The Morgan fingerprint density at radius 1 is 1.18 bits per heavy atom. The van der Waals surface area contributed by atoms with Crippen molar-refractivity contribution in [2.75, 3.05) is 7.11 Å². The minimum atomic E-state index is 0.519. The number of methoxy groups -OCH3 is 1. The minimum Gasteiger partial charge on any atom is -0.497 e. The molecule has 4 nitrogen and oxygen atoms in total. The van der Waals surface area contributed by atoms with Crippen molar-refractivity contribution in [2.45, 2.75) is 0 Å². The highest BCUT2D eigenvalue weighted by Gasteiger charge is 2.12. The van der Waals surface area contributed by atoms with Crippen LogP contribution in [0.2, 0.25) is 5.02 Å². The molecule has 0 aliphatic carbocycles. The second-order valence-corrected chi connectivity index (χ2v) is 5.14. The van der Waals surface area contributed by atoms with Gasteiger partial charge in [0.2, 0.25) is 0 Å². The molecular formula is C17H13ClN2O2. The largest absolute Gasteiger partial charge is 0.497 e. The number of carbonyl (C=O) groups excluding carboxylic acids is 1. The zero-order chi connectivity index (χ0) is 15.5. The monoisotopic (exact) mass is 312 g/mol. The molecule has 0 N–H and O–H groups in total. The van der Waals surface area contributed by atoms with Crippen molar-refractivity contribution >= 4 is 17.9 Å². The summed E-state index contributed by atoms with van der Waals surface area (Å²) >= 11 is 6.00. The molecule has 110 valence electrons. The molecule has 0 radical (unpaired) electrons. The van der Waals surface area contributed by atoms with E-state index >= 15 is 0 Å². The van der Waals surface area contributed by atoms with Crippen LogP contribution in [0.25, 0.3) is 16.9 Å². The van der Waals surface area contributed by atoms with Crippen LogP contribution in [0.1, 0.15) is 10.4 Å². The molecule has 0 saturated heterocycles. The van der Waals surface area contributed by atoms with Gasteiger partial charge in [0.1, 0.15) is 11.4 Å². The van der Waals surface area contributed by atoms with Gasteiger partial charge in [0, 0.05) is 16.8 Å². The second kappa shape index (κ2) is 6.03. The molecular weight excluding hydrogens is 300 g/mol. The van der Waals surface area contributed by atoms with E-state index in [4.69, 9.17) is 16.3 Å². The lowest BCUT2D eigenvalue weighted by molar-refractivity contribution is 0.112. The first-order chi connectivity index (χ1) is 10.7. The van der Waals surface area contributed by atoms with Crippen LogP contribution in [0.4, 0.5) is 0 Å². The molecule has 0 unspecified atom stereocenters. The molecule has 0 fully saturated rings. The Labute approximate surface area is 132 Å². The van der Waals surface area contributed by atoms with E-state index in [9.17, 15) is 4.79 Å². The van der Waals surface area contributed by atoms with Gasteiger partial charge in [0.05, 0.1) is 18.4 Å². The first-order valence-corrected chi connectivity index (χ1v) is 7.04. The fourth-order valence-electron chi connectivity index (χ4n) is 2.20. The quantitative estimate of drug-likeness (QED) is 0.684. The van der Waals surface area contributed by atoms with Crippen LogP contribution >= 0.6 is 11.6 Å². The summed E-state index contributed by atoms with van der Waals surface area (Å²) in [6.45, 7) is 0. The number of aldehydes is 1. The number of benzene rings is 2. The van der Waals surface area contributed by atoms with Crippen molar-refractivity contribution in [2.24, 2.45) is 0 Å². The van der Waals surface area contributed by atoms with E-state index in [2.05, 4.69) is 5.10 Å². The summed E-state index contributed by atoms with van der Waals surface area (Å²) in [6, 6.07) is 14.7. The smallest absolute Gasteiger partial charge is 0.153 e. The molecule has 5 heteroatoms. The summed E-state index contributed by atoms with van der Waals surface area (Å²) in [5.41, 5.74) is 2.79. The summed E-state index contributed by atoms with van der Waals surface area (Å²) in [6.07, 6.45) is 2.49. The van der Waals surface area contributed by atoms with Gasteiger partial charge in [-0.25, -0.2) is 4.68 Å². The van der Waals surface area contributed by atoms with Gasteiger partial charge in [-0.2, -0.15) is 5.10 Å². The molecule has 0 aliphatic heterocycles. The number of hydrogen-bond donors (Lipinski definition) is 0. The van der Waals surface area contributed by atoms with Gasteiger partial charge in [-0.3, -0.25) is 4.79 Å². The van der Waals surface area contributed by atoms with Crippen molar-refractivity contribution < 1.29 is 9.53 Å². The van der Waals surface area contributed by atoms with Crippen LogP contribution < -0.4 is 4.74 Å². The van der Waals surface area contributed by atoms with Gasteiger partial charge < -0.3 is 4.74 Å². The van der Waals surface area contributed by atoms with Crippen LogP contribution in [-0.4, -0.2) is 23.2 Å². The number of halogens is 1. The zero-order valence-electron chi connectivity index (χ0n) is 11.9.